The second-order valence-electron chi connectivity index (χ2n) is 10.7. The minimum Gasteiger partial charge on any atom is -0.320 e. The predicted octanol–water partition coefficient (Wildman–Crippen LogP) is 6.64. The van der Waals surface area contributed by atoms with E-state index >= 15 is 0 Å². The van der Waals surface area contributed by atoms with Gasteiger partial charge in [-0.25, -0.2) is 18.1 Å². The van der Waals surface area contributed by atoms with Crippen LogP contribution in [0, 0.1) is 18.8 Å². The normalized spacial score (nSPS) is 23.2. The lowest BCUT2D eigenvalue weighted by Crippen LogP contribution is -2.44. The first-order valence-electron chi connectivity index (χ1n) is 13.0. The highest BCUT2D eigenvalue weighted by Gasteiger charge is 2.39. The van der Waals surface area contributed by atoms with Gasteiger partial charge in [0, 0.05) is 24.9 Å². The van der Waals surface area contributed by atoms with Crippen LogP contribution >= 0.6 is 23.2 Å². The lowest BCUT2D eigenvalue weighted by Gasteiger charge is -2.38. The van der Waals surface area contributed by atoms with E-state index in [1.165, 1.54) is 0 Å². The van der Waals surface area contributed by atoms with Gasteiger partial charge in [-0.15, -0.1) is 0 Å². The molecule has 1 saturated heterocycles. The molecule has 10 heteroatoms. The van der Waals surface area contributed by atoms with E-state index < -0.39 is 16.1 Å². The lowest BCUT2D eigenvalue weighted by molar-refractivity contribution is 0.224. The Kier molecular flexibility index (Phi) is 6.70. The van der Waals surface area contributed by atoms with Gasteiger partial charge in [-0.05, 0) is 67.2 Å². The Morgan fingerprint density at radius 3 is 2.36 bits per heavy atom. The summed E-state index contributed by atoms with van der Waals surface area (Å²) in [6.45, 7) is 7.19. The molecule has 3 aliphatic rings. The van der Waals surface area contributed by atoms with Crippen LogP contribution in [0.2, 0.25) is 10.0 Å². The van der Waals surface area contributed by atoms with Crippen LogP contribution in [0.1, 0.15) is 43.1 Å². The van der Waals surface area contributed by atoms with E-state index in [2.05, 4.69) is 13.8 Å². The van der Waals surface area contributed by atoms with E-state index in [-0.39, 0.29) is 4.91 Å². The average Bonchev–Trinajstić information content (AvgIpc) is 3.24. The zero-order valence-electron chi connectivity index (χ0n) is 21.9. The molecule has 7 nitrogen and oxygen atoms in total. The Labute approximate surface area is 239 Å². The Balaban J connectivity index is 1.50. The van der Waals surface area contributed by atoms with Crippen LogP contribution in [0.5, 0.6) is 0 Å². The van der Waals surface area contributed by atoms with E-state index in [0.29, 0.717) is 46.6 Å². The van der Waals surface area contributed by atoms with Crippen LogP contribution < -0.4 is 0 Å². The van der Waals surface area contributed by atoms with E-state index in [1.807, 2.05) is 59.0 Å². The van der Waals surface area contributed by atoms with E-state index in [1.54, 1.807) is 28.7 Å². The molecule has 4 heterocycles. The van der Waals surface area contributed by atoms with Gasteiger partial charge in [-0.3, -0.25) is 0 Å². The highest BCUT2D eigenvalue weighted by molar-refractivity contribution is 7.93. The smallest absolute Gasteiger partial charge is 0.244 e. The number of nitrogens with zero attached hydrogens (tertiary/aromatic N) is 5. The molecule has 1 aromatic heterocycles. The molecule has 39 heavy (non-hydrogen) atoms. The van der Waals surface area contributed by atoms with Gasteiger partial charge in [0.1, 0.15) is 5.84 Å². The summed E-state index contributed by atoms with van der Waals surface area (Å²) in [5.74, 6) is 1.93. The van der Waals surface area contributed by atoms with E-state index in [0.717, 1.165) is 28.9 Å². The third kappa shape index (κ3) is 4.63. The third-order valence-electron chi connectivity index (χ3n) is 7.51. The molecule has 0 unspecified atom stereocenters. The number of hydrogen-bond acceptors (Lipinski definition) is 5. The molecular formula is C29H29Cl2N5O2S. The van der Waals surface area contributed by atoms with Crippen molar-refractivity contribution in [1.29, 1.82) is 0 Å². The maximum atomic E-state index is 13.8. The molecule has 0 spiro atoms. The molecule has 0 radical (unpaired) electrons. The highest BCUT2D eigenvalue weighted by atomic mass is 35.5. The number of piperidine rings is 1. The zero-order valence-corrected chi connectivity index (χ0v) is 24.2. The van der Waals surface area contributed by atoms with E-state index in [9.17, 15) is 8.42 Å². The maximum Gasteiger partial charge on any atom is 0.244 e. The van der Waals surface area contributed by atoms with Gasteiger partial charge < -0.3 is 4.90 Å². The number of rotatable bonds is 4. The van der Waals surface area contributed by atoms with Gasteiger partial charge in [-0.2, -0.15) is 9.40 Å². The number of aliphatic imine (C=N–C) groups is 1. The molecule has 0 bridgehead atoms. The Bertz CT molecular complexity index is 1640. The number of hydrogen-bond donors (Lipinski definition) is 0. The van der Waals surface area contributed by atoms with Gasteiger partial charge in [-0.1, -0.05) is 61.3 Å². The third-order valence-corrected chi connectivity index (χ3v) is 10.1. The minimum absolute atomic E-state index is 0.240. The van der Waals surface area contributed by atoms with Crippen molar-refractivity contribution in [2.45, 2.75) is 33.2 Å². The lowest BCUT2D eigenvalue weighted by atomic mass is 9.94. The molecule has 2 aromatic carbocycles. The molecular weight excluding hydrogens is 553 g/mol. The average molecular weight is 583 g/mol. The van der Waals surface area contributed by atoms with Crippen LogP contribution in [0.3, 0.4) is 0 Å². The molecule has 6 rings (SSSR count). The van der Waals surface area contributed by atoms with Crippen LogP contribution in [-0.2, 0) is 10.0 Å². The maximum absolute atomic E-state index is 13.8. The summed E-state index contributed by atoms with van der Waals surface area (Å²) >= 11 is 12.7. The molecule has 0 aliphatic carbocycles. The summed E-state index contributed by atoms with van der Waals surface area (Å²) in [7, 11) is -3.70. The second-order valence-corrected chi connectivity index (χ2v) is 13.4. The first kappa shape index (κ1) is 26.3. The Hall–Kier alpha value is -2.91. The Morgan fingerprint density at radius 2 is 1.67 bits per heavy atom. The van der Waals surface area contributed by atoms with Gasteiger partial charge in [0.15, 0.2) is 5.82 Å². The summed E-state index contributed by atoms with van der Waals surface area (Å²) in [5.41, 5.74) is 3.42. The van der Waals surface area contributed by atoms with Crippen molar-refractivity contribution in [3.05, 3.63) is 98.7 Å². The number of benzene rings is 2. The van der Waals surface area contributed by atoms with E-state index in [4.69, 9.17) is 33.3 Å². The van der Waals surface area contributed by atoms with Crippen molar-refractivity contribution in [2.24, 2.45) is 16.8 Å². The van der Waals surface area contributed by atoms with Crippen molar-refractivity contribution in [3.63, 3.8) is 0 Å². The monoisotopic (exact) mass is 581 g/mol. The molecule has 0 saturated carbocycles. The first-order valence-corrected chi connectivity index (χ1v) is 15.2. The van der Waals surface area contributed by atoms with Gasteiger partial charge in [0.05, 0.1) is 32.4 Å². The number of aromatic nitrogens is 2. The number of fused-ring (bicyclic) bond motifs is 2. The second kappa shape index (κ2) is 9.93. The fraction of sp³-hybridized carbons (Fsp3) is 0.310. The van der Waals surface area contributed by atoms with Crippen molar-refractivity contribution in [3.8, 4) is 5.69 Å². The van der Waals surface area contributed by atoms with Gasteiger partial charge >= 0.3 is 0 Å². The highest BCUT2D eigenvalue weighted by Crippen LogP contribution is 2.45. The van der Waals surface area contributed by atoms with Crippen LogP contribution in [0.4, 0.5) is 5.82 Å². The first-order chi connectivity index (χ1) is 18.6. The SMILES string of the molecule is Cc1nn(-c2ccccc2)c2c1[C@H](c1ccc(Cl)c(Cl)c1)N1C=C(S(=O)(=O)N3C[C@H](C)C[C@H](C)C3)C=CC1=N2. The summed E-state index contributed by atoms with van der Waals surface area (Å²) < 4.78 is 31.1. The summed E-state index contributed by atoms with van der Waals surface area (Å²) in [6, 6.07) is 14.9. The summed E-state index contributed by atoms with van der Waals surface area (Å²) in [4.78, 5) is 7.13. The van der Waals surface area contributed by atoms with Crippen molar-refractivity contribution < 1.29 is 8.42 Å². The zero-order chi connectivity index (χ0) is 27.5. The number of allylic oxidation sites excluding steroid dienone is 1. The van der Waals surface area contributed by atoms with Gasteiger partial charge in [0.2, 0.25) is 10.0 Å². The number of halogens is 2. The molecule has 0 N–H and O–H groups in total. The topological polar surface area (TPSA) is 70.8 Å². The number of para-hydroxylation sites is 1. The largest absolute Gasteiger partial charge is 0.320 e. The number of amidine groups is 1. The molecule has 3 aliphatic heterocycles. The minimum atomic E-state index is -3.70. The molecule has 3 atom stereocenters. The molecule has 0 amide bonds. The standard InChI is InChI=1S/C29H29Cl2N5O2S/c1-18-13-19(2)16-34(15-18)39(37,38)23-10-12-26-32-29-27(20(3)33-36(29)22-7-5-4-6-8-22)28(35(26)17-23)21-9-11-24(30)25(31)14-21/h4-12,14,17-19,28H,13,15-16H2,1-3H3/t18-,19+,28-/m0/s1. The fourth-order valence-corrected chi connectivity index (χ4v) is 7.85. The Morgan fingerprint density at radius 1 is 0.949 bits per heavy atom. The van der Waals surface area contributed by atoms with Crippen LogP contribution in [-0.4, -0.2) is 46.3 Å². The molecule has 202 valence electrons. The molecule has 1 fully saturated rings. The van der Waals surface area contributed by atoms with Gasteiger partial charge in [0.25, 0.3) is 0 Å². The number of aryl methyl sites for hydroxylation is 1. The summed E-state index contributed by atoms with van der Waals surface area (Å²) in [5, 5.41) is 5.72. The van der Waals surface area contributed by atoms with Crippen molar-refractivity contribution in [1.82, 2.24) is 19.0 Å². The quantitative estimate of drug-likeness (QED) is 0.346. The molecule has 3 aromatic rings. The van der Waals surface area contributed by atoms with Crippen LogP contribution in [0.25, 0.3) is 5.69 Å². The summed E-state index contributed by atoms with van der Waals surface area (Å²) in [6.07, 6.45) is 6.15. The fourth-order valence-electron chi connectivity index (χ4n) is 5.86. The predicted molar refractivity (Wildman–Crippen MR) is 156 cm³/mol. The van der Waals surface area contributed by atoms with Crippen molar-refractivity contribution >= 4 is 44.9 Å². The van der Waals surface area contributed by atoms with Crippen molar-refractivity contribution in [2.75, 3.05) is 13.1 Å². The van der Waals surface area contributed by atoms with Crippen LogP contribution in [0.15, 0.2) is 76.8 Å². The number of sulfonamides is 1.